The zero-order chi connectivity index (χ0) is 21.0. The van der Waals surface area contributed by atoms with Gasteiger partial charge in [0.1, 0.15) is 6.54 Å². The number of nitrogens with one attached hydrogen (secondary N) is 1. The lowest BCUT2D eigenvalue weighted by Gasteiger charge is -2.28. The normalized spacial score (nSPS) is 29.4. The maximum Gasteiger partial charge on any atom is 0.244 e. The Kier molecular flexibility index (Phi) is 4.77. The first-order valence-electron chi connectivity index (χ1n) is 10.4. The van der Waals surface area contributed by atoms with Gasteiger partial charge in [0.05, 0.1) is 11.8 Å². The number of carbonyl (C=O) groups excluding carboxylic acids is 3. The fraction of sp³-hybridized carbons (Fsp3) is 0.375. The molecule has 154 valence electrons. The number of rotatable bonds is 4. The van der Waals surface area contributed by atoms with Crippen LogP contribution >= 0.6 is 15.9 Å². The van der Waals surface area contributed by atoms with E-state index in [0.29, 0.717) is 11.6 Å². The number of nitrogens with zero attached hydrogens (tertiary/aromatic N) is 1. The molecule has 5 nitrogen and oxygen atoms in total. The summed E-state index contributed by atoms with van der Waals surface area (Å²) in [7, 11) is 0. The van der Waals surface area contributed by atoms with Gasteiger partial charge in [0.2, 0.25) is 17.7 Å². The summed E-state index contributed by atoms with van der Waals surface area (Å²) >= 11 is 3.41. The first-order chi connectivity index (χ1) is 14.4. The van der Waals surface area contributed by atoms with Crippen molar-refractivity contribution in [2.45, 2.75) is 25.7 Å². The van der Waals surface area contributed by atoms with Crippen molar-refractivity contribution < 1.29 is 14.4 Å². The van der Waals surface area contributed by atoms with Crippen molar-refractivity contribution in [1.29, 1.82) is 0 Å². The number of carbonyl (C=O) groups is 3. The molecule has 1 saturated heterocycles. The topological polar surface area (TPSA) is 66.5 Å². The Morgan fingerprint density at radius 1 is 1.07 bits per heavy atom. The van der Waals surface area contributed by atoms with E-state index in [2.05, 4.69) is 33.4 Å². The first kappa shape index (κ1) is 19.5. The number of fused-ring (bicyclic) bond motifs is 5. The standard InChI is InChI=1S/C24H23BrN2O3/c1-13-9-16(25)7-8-19(13)26-20(28)12-27-23(29)21-15-10-17(14-5-3-2-4-6-14)18(11-15)22(21)24(27)30/h2-9,15,17-18,21-22H,10-12H2,1H3,(H,26,28)/t15-,17+,18-,21-,22+/m0/s1. The summed E-state index contributed by atoms with van der Waals surface area (Å²) in [5.41, 5.74) is 2.86. The molecule has 2 bridgehead atoms. The molecule has 1 heterocycles. The van der Waals surface area contributed by atoms with Crippen molar-refractivity contribution in [2.75, 3.05) is 11.9 Å². The van der Waals surface area contributed by atoms with Gasteiger partial charge in [-0.1, -0.05) is 46.3 Å². The van der Waals surface area contributed by atoms with Gasteiger partial charge in [0.25, 0.3) is 0 Å². The number of hydrogen-bond acceptors (Lipinski definition) is 3. The lowest BCUT2D eigenvalue weighted by atomic mass is 9.73. The van der Waals surface area contributed by atoms with E-state index in [1.54, 1.807) is 0 Å². The minimum absolute atomic E-state index is 0.160. The van der Waals surface area contributed by atoms with Crippen LogP contribution in [0.4, 0.5) is 5.69 Å². The SMILES string of the molecule is Cc1cc(Br)ccc1NC(=O)CN1C(=O)[C@@H]2[C@H]3C[C@H](C[C@@H]3c3ccccc3)[C@@H]2C1=O. The van der Waals surface area contributed by atoms with Crippen molar-refractivity contribution in [3.63, 3.8) is 0 Å². The molecule has 3 fully saturated rings. The number of anilines is 1. The fourth-order valence-corrected chi connectivity index (χ4v) is 6.34. The van der Waals surface area contributed by atoms with Crippen LogP contribution in [0.25, 0.3) is 0 Å². The average molecular weight is 467 g/mol. The van der Waals surface area contributed by atoms with Crippen molar-refractivity contribution in [3.05, 3.63) is 64.1 Å². The van der Waals surface area contributed by atoms with Crippen molar-refractivity contribution >= 4 is 39.3 Å². The molecule has 0 unspecified atom stereocenters. The van der Waals surface area contributed by atoms with Crippen LogP contribution in [0.5, 0.6) is 0 Å². The summed E-state index contributed by atoms with van der Waals surface area (Å²) < 4.78 is 0.930. The predicted molar refractivity (Wildman–Crippen MR) is 117 cm³/mol. The highest BCUT2D eigenvalue weighted by molar-refractivity contribution is 9.10. The highest BCUT2D eigenvalue weighted by atomic mass is 79.9. The maximum atomic E-state index is 13.2. The van der Waals surface area contributed by atoms with Crippen LogP contribution in [-0.2, 0) is 14.4 Å². The van der Waals surface area contributed by atoms with Gasteiger partial charge in [-0.2, -0.15) is 0 Å². The van der Waals surface area contributed by atoms with Crippen LogP contribution in [-0.4, -0.2) is 29.2 Å². The molecule has 2 aromatic carbocycles. The molecule has 3 aliphatic rings. The van der Waals surface area contributed by atoms with E-state index in [9.17, 15) is 14.4 Å². The summed E-state index contributed by atoms with van der Waals surface area (Å²) in [4.78, 5) is 40.0. The van der Waals surface area contributed by atoms with E-state index in [1.807, 2.05) is 43.3 Å². The highest BCUT2D eigenvalue weighted by Crippen LogP contribution is 2.61. The minimum Gasteiger partial charge on any atom is -0.324 e. The second-order valence-corrected chi connectivity index (χ2v) is 9.65. The molecule has 2 aromatic rings. The second kappa shape index (κ2) is 7.34. The lowest BCUT2D eigenvalue weighted by molar-refractivity contribution is -0.143. The average Bonchev–Trinajstić information content (AvgIpc) is 3.39. The van der Waals surface area contributed by atoms with E-state index in [4.69, 9.17) is 0 Å². The fourth-order valence-electron chi connectivity index (χ4n) is 5.86. The maximum absolute atomic E-state index is 13.2. The first-order valence-corrected chi connectivity index (χ1v) is 11.2. The third kappa shape index (κ3) is 3.09. The molecule has 3 amide bonds. The van der Waals surface area contributed by atoms with Gasteiger partial charge in [0, 0.05) is 10.2 Å². The molecule has 6 heteroatoms. The zero-order valence-electron chi connectivity index (χ0n) is 16.7. The van der Waals surface area contributed by atoms with Crippen molar-refractivity contribution in [3.8, 4) is 0 Å². The number of halogens is 1. The Hall–Kier alpha value is -2.47. The monoisotopic (exact) mass is 466 g/mol. The van der Waals surface area contributed by atoms with Crippen LogP contribution in [0.3, 0.4) is 0 Å². The highest BCUT2D eigenvalue weighted by Gasteiger charge is 2.63. The Morgan fingerprint density at radius 3 is 2.53 bits per heavy atom. The Bertz CT molecular complexity index is 1040. The van der Waals surface area contributed by atoms with E-state index < -0.39 is 0 Å². The van der Waals surface area contributed by atoms with Gasteiger partial charge in [-0.15, -0.1) is 0 Å². The quantitative estimate of drug-likeness (QED) is 0.689. The Morgan fingerprint density at radius 2 is 1.80 bits per heavy atom. The zero-order valence-corrected chi connectivity index (χ0v) is 18.3. The number of benzene rings is 2. The van der Waals surface area contributed by atoms with Crippen LogP contribution in [0.2, 0.25) is 0 Å². The summed E-state index contributed by atoms with van der Waals surface area (Å²) in [6, 6.07) is 15.9. The minimum atomic E-state index is -0.339. The molecule has 1 N–H and O–H groups in total. The molecule has 0 aromatic heterocycles. The molecule has 2 saturated carbocycles. The number of imide groups is 1. The third-order valence-electron chi connectivity index (χ3n) is 7.10. The van der Waals surface area contributed by atoms with Crippen LogP contribution in [0.15, 0.2) is 53.0 Å². The van der Waals surface area contributed by atoms with Gasteiger partial charge in [-0.25, -0.2) is 0 Å². The lowest BCUT2D eigenvalue weighted by Crippen LogP contribution is -2.39. The van der Waals surface area contributed by atoms with Crippen molar-refractivity contribution in [1.82, 2.24) is 4.90 Å². The van der Waals surface area contributed by atoms with E-state index in [1.165, 1.54) is 10.5 Å². The van der Waals surface area contributed by atoms with E-state index >= 15 is 0 Å². The third-order valence-corrected chi connectivity index (χ3v) is 7.59. The summed E-state index contributed by atoms with van der Waals surface area (Å²) in [6.07, 6.45) is 1.89. The molecule has 30 heavy (non-hydrogen) atoms. The number of likely N-dealkylation sites (tertiary alicyclic amines) is 1. The predicted octanol–water partition coefficient (Wildman–Crippen LogP) is 4.12. The van der Waals surface area contributed by atoms with Crippen LogP contribution in [0.1, 0.15) is 29.9 Å². The van der Waals surface area contributed by atoms with Gasteiger partial charge < -0.3 is 5.32 Å². The summed E-state index contributed by atoms with van der Waals surface area (Å²) in [5, 5.41) is 2.84. The van der Waals surface area contributed by atoms with Gasteiger partial charge in [0.15, 0.2) is 0 Å². The Balaban J connectivity index is 1.31. The molecule has 5 rings (SSSR count). The number of aryl methyl sites for hydroxylation is 1. The van der Waals surface area contributed by atoms with Crippen LogP contribution in [0, 0.1) is 30.6 Å². The molecule has 5 atom stereocenters. The van der Waals surface area contributed by atoms with Gasteiger partial charge in [-0.05, 0) is 66.8 Å². The molecule has 2 aliphatic carbocycles. The molecular formula is C24H23BrN2O3. The second-order valence-electron chi connectivity index (χ2n) is 8.73. The van der Waals surface area contributed by atoms with Crippen molar-refractivity contribution in [2.24, 2.45) is 23.7 Å². The summed E-state index contributed by atoms with van der Waals surface area (Å²) in [6.45, 7) is 1.69. The van der Waals surface area contributed by atoms with E-state index in [0.717, 1.165) is 22.9 Å². The molecule has 0 spiro atoms. The largest absolute Gasteiger partial charge is 0.324 e. The van der Waals surface area contributed by atoms with Gasteiger partial charge in [-0.3, -0.25) is 19.3 Å². The molecule has 0 radical (unpaired) electrons. The number of amides is 3. The molecular weight excluding hydrogens is 444 g/mol. The summed E-state index contributed by atoms with van der Waals surface area (Å²) in [5.74, 6) is -0.424. The number of hydrogen-bond donors (Lipinski definition) is 1. The van der Waals surface area contributed by atoms with Gasteiger partial charge >= 0.3 is 0 Å². The Labute approximate surface area is 184 Å². The smallest absolute Gasteiger partial charge is 0.244 e. The molecule has 1 aliphatic heterocycles. The van der Waals surface area contributed by atoms with Crippen LogP contribution < -0.4 is 5.32 Å². The van der Waals surface area contributed by atoms with E-state index in [-0.39, 0.29) is 47.9 Å².